The zero-order valence-corrected chi connectivity index (χ0v) is 24.4. The van der Waals surface area contributed by atoms with Crippen LogP contribution in [0, 0.1) is 0 Å². The van der Waals surface area contributed by atoms with Crippen LogP contribution in [0.2, 0.25) is 0 Å². The first kappa shape index (κ1) is 21.8. The maximum atomic E-state index is 3.72. The molecule has 0 spiro atoms. The first-order valence-electron chi connectivity index (χ1n) is 9.04. The van der Waals surface area contributed by atoms with Crippen molar-refractivity contribution in [1.29, 1.82) is 0 Å². The van der Waals surface area contributed by atoms with E-state index in [1.165, 1.54) is 14.3 Å². The molecular weight excluding hydrogens is 727 g/mol. The van der Waals surface area contributed by atoms with Gasteiger partial charge in [0.15, 0.2) is 0 Å². The van der Waals surface area contributed by atoms with E-state index in [0.29, 0.717) is 0 Å². The molecule has 4 rings (SSSR count). The van der Waals surface area contributed by atoms with Crippen LogP contribution in [0.1, 0.15) is 0 Å². The molecule has 0 nitrogen and oxygen atoms in total. The molecule has 0 aliphatic carbocycles. The molecule has 0 aliphatic rings. The van der Waals surface area contributed by atoms with Gasteiger partial charge >= 0.3 is 211 Å². The molecule has 0 heterocycles. The van der Waals surface area contributed by atoms with Gasteiger partial charge in [0.25, 0.3) is 0 Å². The van der Waals surface area contributed by atoms with Crippen molar-refractivity contribution >= 4 is 96.4 Å². The van der Waals surface area contributed by atoms with Gasteiger partial charge in [-0.25, -0.2) is 0 Å². The Morgan fingerprint density at radius 3 is 0.828 bits per heavy atom. The van der Waals surface area contributed by atoms with E-state index < -0.39 is 18.4 Å². The monoisotopic (exact) mass is 740 g/mol. The molecule has 0 radical (unpaired) electrons. The zero-order valence-electron chi connectivity index (χ0n) is 15.2. The summed E-state index contributed by atoms with van der Waals surface area (Å²) >= 11 is 11.3. The first-order chi connectivity index (χ1) is 14.0. The molecule has 0 N–H and O–H groups in total. The molecule has 0 bridgehead atoms. The molecule has 0 saturated carbocycles. The number of hydrogen-bond donors (Lipinski definition) is 0. The van der Waals surface area contributed by atoms with Gasteiger partial charge in [-0.15, -0.1) is 0 Å². The molecule has 0 saturated heterocycles. The third-order valence-electron chi connectivity index (χ3n) is 5.03. The van der Waals surface area contributed by atoms with Crippen LogP contribution < -0.4 is 14.3 Å². The van der Waals surface area contributed by atoms with E-state index in [2.05, 4.69) is 161 Å². The fourth-order valence-electron chi connectivity index (χ4n) is 3.89. The minimum absolute atomic E-state index is 1.11. The van der Waals surface area contributed by atoms with E-state index >= 15 is 0 Å². The third kappa shape index (κ3) is 4.47. The Morgan fingerprint density at radius 1 is 0.379 bits per heavy atom. The summed E-state index contributed by atoms with van der Waals surface area (Å²) < 4.78 is 10.1. The predicted molar refractivity (Wildman–Crippen MR) is 141 cm³/mol. The molecule has 144 valence electrons. The van der Waals surface area contributed by atoms with Crippen molar-refractivity contribution in [1.82, 2.24) is 0 Å². The quantitative estimate of drug-likeness (QED) is 0.222. The zero-order chi connectivity index (χ0) is 20.4. The summed E-state index contributed by atoms with van der Waals surface area (Å²) in [7, 11) is 0. The number of rotatable bonds is 4. The number of halogens is 4. The molecular formula is C24H16Br4Sn. The summed E-state index contributed by atoms with van der Waals surface area (Å²) in [5.41, 5.74) is 0. The van der Waals surface area contributed by atoms with Crippen molar-refractivity contribution in [2.45, 2.75) is 0 Å². The Hall–Kier alpha value is -0.401. The molecule has 4 aromatic carbocycles. The second-order valence-corrected chi connectivity index (χ2v) is 21.3. The van der Waals surface area contributed by atoms with Gasteiger partial charge in [0.2, 0.25) is 0 Å². The fraction of sp³-hybridized carbons (Fsp3) is 0. The molecule has 0 aliphatic heterocycles. The molecule has 5 heteroatoms. The Balaban J connectivity index is 2.19. The van der Waals surface area contributed by atoms with E-state index in [0.717, 1.165) is 17.9 Å². The second kappa shape index (κ2) is 9.39. The van der Waals surface area contributed by atoms with Crippen LogP contribution in [-0.2, 0) is 0 Å². The van der Waals surface area contributed by atoms with E-state index in [-0.39, 0.29) is 0 Å². The van der Waals surface area contributed by atoms with Crippen LogP contribution >= 0.6 is 63.7 Å². The standard InChI is InChI=1S/4C6H4Br.Sn/c4*7-6-4-2-1-3-5-6;/h4*1-2,4-5H;. The average molecular weight is 743 g/mol. The van der Waals surface area contributed by atoms with E-state index in [1.54, 1.807) is 0 Å². The molecule has 0 unspecified atom stereocenters. The predicted octanol–water partition coefficient (Wildman–Crippen LogP) is 6.11. The summed E-state index contributed by atoms with van der Waals surface area (Å²) in [6, 6.07) is 35.4. The van der Waals surface area contributed by atoms with E-state index in [9.17, 15) is 0 Å². The molecule has 0 aromatic heterocycles. The van der Waals surface area contributed by atoms with Crippen LogP contribution in [0.15, 0.2) is 115 Å². The molecule has 0 amide bonds. The molecule has 0 atom stereocenters. The van der Waals surface area contributed by atoms with Gasteiger partial charge in [-0.3, -0.25) is 0 Å². The van der Waals surface area contributed by atoms with Gasteiger partial charge in [-0.05, 0) is 0 Å². The molecule has 29 heavy (non-hydrogen) atoms. The maximum absolute atomic E-state index is 3.72. The SMILES string of the molecule is Brc1ccc[c]([Sn]([c]2cccc(Br)c2)([c]2cccc(Br)c2)[c]2cccc(Br)c2)c1. The Bertz CT molecular complexity index is 985. The van der Waals surface area contributed by atoms with Gasteiger partial charge in [0.1, 0.15) is 0 Å². The number of hydrogen-bond acceptors (Lipinski definition) is 0. The van der Waals surface area contributed by atoms with Crippen LogP contribution in [0.5, 0.6) is 0 Å². The van der Waals surface area contributed by atoms with E-state index in [1.807, 2.05) is 0 Å². The summed E-state index contributed by atoms with van der Waals surface area (Å²) in [5, 5.41) is 0. The topological polar surface area (TPSA) is 0 Å². The van der Waals surface area contributed by atoms with Crippen molar-refractivity contribution in [3.63, 3.8) is 0 Å². The fourth-order valence-corrected chi connectivity index (χ4v) is 21.8. The van der Waals surface area contributed by atoms with Crippen molar-refractivity contribution in [3.05, 3.63) is 115 Å². The second-order valence-electron chi connectivity index (χ2n) is 6.79. The van der Waals surface area contributed by atoms with Crippen LogP contribution in [0.4, 0.5) is 0 Å². The van der Waals surface area contributed by atoms with Crippen molar-refractivity contribution in [2.75, 3.05) is 0 Å². The Labute approximate surface area is 209 Å². The summed E-state index contributed by atoms with van der Waals surface area (Å²) in [4.78, 5) is 0. The Morgan fingerprint density at radius 2 is 0.621 bits per heavy atom. The molecule has 4 aromatic rings. The van der Waals surface area contributed by atoms with Gasteiger partial charge in [0.05, 0.1) is 0 Å². The van der Waals surface area contributed by atoms with E-state index in [4.69, 9.17) is 0 Å². The van der Waals surface area contributed by atoms with Crippen molar-refractivity contribution < 1.29 is 0 Å². The van der Waals surface area contributed by atoms with Gasteiger partial charge < -0.3 is 0 Å². The third-order valence-corrected chi connectivity index (χ3v) is 20.4. The summed E-state index contributed by atoms with van der Waals surface area (Å²) in [5.74, 6) is 0. The summed E-state index contributed by atoms with van der Waals surface area (Å²) in [6.45, 7) is 0. The van der Waals surface area contributed by atoms with Crippen LogP contribution in [0.25, 0.3) is 0 Å². The number of benzene rings is 4. The van der Waals surface area contributed by atoms with Crippen LogP contribution in [-0.4, -0.2) is 18.4 Å². The Kier molecular flexibility index (Phi) is 7.06. The average Bonchev–Trinajstić information content (AvgIpc) is 2.69. The summed E-state index contributed by atoms with van der Waals surface area (Å²) in [6.07, 6.45) is 0. The first-order valence-corrected chi connectivity index (χ1v) is 17.9. The van der Waals surface area contributed by atoms with Gasteiger partial charge in [0, 0.05) is 0 Å². The van der Waals surface area contributed by atoms with Gasteiger partial charge in [-0.2, -0.15) is 0 Å². The van der Waals surface area contributed by atoms with Crippen LogP contribution in [0.3, 0.4) is 0 Å². The normalized spacial score (nSPS) is 11.4. The van der Waals surface area contributed by atoms with Crippen molar-refractivity contribution in [3.8, 4) is 0 Å². The minimum atomic E-state index is -3.60. The molecule has 0 fully saturated rings. The van der Waals surface area contributed by atoms with Gasteiger partial charge in [-0.1, -0.05) is 0 Å². The van der Waals surface area contributed by atoms with Crippen molar-refractivity contribution in [2.24, 2.45) is 0 Å².